The van der Waals surface area contributed by atoms with Gasteiger partial charge in [0, 0.05) is 0 Å². The molecule has 0 aliphatic heterocycles. The van der Waals surface area contributed by atoms with Crippen molar-refractivity contribution in [3.8, 4) is 0 Å². The Hall–Kier alpha value is -0.780. The van der Waals surface area contributed by atoms with Crippen LogP contribution < -0.4 is 0 Å². The highest BCUT2D eigenvalue weighted by Gasteiger charge is 1.47. The van der Waals surface area contributed by atoms with Gasteiger partial charge in [0.05, 0.1) is 0 Å². The number of allylic oxidation sites excluding steroid dienone is 4. The Morgan fingerprint density at radius 3 is 2.17 bits per heavy atom. The van der Waals surface area contributed by atoms with Crippen LogP contribution in [0.25, 0.3) is 0 Å². The molecule has 0 heterocycles. The fraction of sp³-hybridized carbons (Fsp3) is 0. The molecule has 0 N–H and O–H groups in total. The average Bonchev–Trinajstić information content (AvgIpc) is 1.61. The van der Waals surface area contributed by atoms with Crippen molar-refractivity contribution in [2.24, 2.45) is 0 Å². The van der Waals surface area contributed by atoms with Gasteiger partial charge in [0.25, 0.3) is 0 Å². The summed E-state index contributed by atoms with van der Waals surface area (Å²) in [6.07, 6.45) is 6.61. The molecule has 0 unspecified atom stereocenters. The predicted molar refractivity (Wildman–Crippen MR) is 28.2 cm³/mol. The van der Waals surface area contributed by atoms with Crippen LogP contribution in [0.2, 0.25) is 0 Å². The van der Waals surface area contributed by atoms with E-state index >= 15 is 0 Å². The van der Waals surface area contributed by atoms with Gasteiger partial charge in [-0.1, -0.05) is 37.5 Å². The first-order valence-electron chi connectivity index (χ1n) is 1.74. The lowest BCUT2D eigenvalue weighted by atomic mass is 10.5. The van der Waals surface area contributed by atoms with Crippen molar-refractivity contribution in [1.82, 2.24) is 0 Å². The van der Waals surface area contributed by atoms with E-state index in [0.717, 1.165) is 0 Å². The molecule has 0 saturated heterocycles. The molecule has 0 aliphatic carbocycles. The van der Waals surface area contributed by atoms with E-state index in [0.29, 0.717) is 0 Å². The molecule has 0 heteroatoms. The summed E-state index contributed by atoms with van der Waals surface area (Å²) in [4.78, 5) is 0. The van der Waals surface area contributed by atoms with E-state index in [1.54, 1.807) is 18.2 Å². The van der Waals surface area contributed by atoms with Crippen molar-refractivity contribution in [3.05, 3.63) is 37.5 Å². The lowest BCUT2D eigenvalue weighted by Gasteiger charge is -1.60. The first-order valence-corrected chi connectivity index (χ1v) is 1.74. The standard InChI is InChI=1S/C6H7/c1-3-5-6-4-2/h1,3-6H,2H2/b3-1?,6-5+. The van der Waals surface area contributed by atoms with Gasteiger partial charge >= 0.3 is 0 Å². The largest absolute Gasteiger partial charge is 0.0991 e. The van der Waals surface area contributed by atoms with Crippen LogP contribution in [0.15, 0.2) is 30.9 Å². The summed E-state index contributed by atoms with van der Waals surface area (Å²) >= 11 is 0. The molecule has 0 nitrogen and oxygen atoms in total. The van der Waals surface area contributed by atoms with Crippen LogP contribution in [0.1, 0.15) is 0 Å². The van der Waals surface area contributed by atoms with Crippen LogP contribution in [0.3, 0.4) is 0 Å². The molecule has 0 aromatic heterocycles. The normalized spacial score (nSPS) is 8.67. The van der Waals surface area contributed by atoms with Gasteiger partial charge in [-0.3, -0.25) is 0 Å². The first kappa shape index (κ1) is 5.22. The van der Waals surface area contributed by atoms with Gasteiger partial charge in [-0.15, -0.1) is 0 Å². The molecular weight excluding hydrogens is 72.1 g/mol. The predicted octanol–water partition coefficient (Wildman–Crippen LogP) is 1.72. The molecule has 0 aliphatic rings. The maximum atomic E-state index is 4.96. The van der Waals surface area contributed by atoms with E-state index in [1.807, 2.05) is 0 Å². The Labute approximate surface area is 38.5 Å². The van der Waals surface area contributed by atoms with Crippen LogP contribution in [0.4, 0.5) is 0 Å². The van der Waals surface area contributed by atoms with Crippen LogP contribution in [0.5, 0.6) is 0 Å². The summed E-state index contributed by atoms with van der Waals surface area (Å²) in [6.45, 7) is 8.39. The molecule has 0 aromatic rings. The van der Waals surface area contributed by atoms with Gasteiger partial charge in [-0.25, -0.2) is 0 Å². The third kappa shape index (κ3) is 3.22. The maximum absolute atomic E-state index is 4.96. The van der Waals surface area contributed by atoms with Crippen molar-refractivity contribution in [2.45, 2.75) is 0 Å². The van der Waals surface area contributed by atoms with Gasteiger partial charge < -0.3 is 0 Å². The lowest BCUT2D eigenvalue weighted by molar-refractivity contribution is 1.97. The lowest BCUT2D eigenvalue weighted by Crippen LogP contribution is -1.38. The Morgan fingerprint density at radius 2 is 2.00 bits per heavy atom. The van der Waals surface area contributed by atoms with Crippen molar-refractivity contribution in [3.63, 3.8) is 0 Å². The van der Waals surface area contributed by atoms with Crippen molar-refractivity contribution >= 4 is 0 Å². The smallest absolute Gasteiger partial charge is 0.0623 e. The summed E-state index contributed by atoms with van der Waals surface area (Å²) < 4.78 is 0. The van der Waals surface area contributed by atoms with Gasteiger partial charge in [-0.05, 0) is 0 Å². The molecular formula is C6H7. The number of rotatable bonds is 2. The topological polar surface area (TPSA) is 0 Å². The fourth-order valence-electron chi connectivity index (χ4n) is 0.143. The minimum Gasteiger partial charge on any atom is -0.0991 e. The summed E-state index contributed by atoms with van der Waals surface area (Å²) in [7, 11) is 0. The van der Waals surface area contributed by atoms with Crippen LogP contribution in [0, 0.1) is 6.58 Å². The van der Waals surface area contributed by atoms with E-state index < -0.39 is 0 Å². The van der Waals surface area contributed by atoms with Gasteiger partial charge in [0.2, 0.25) is 0 Å². The fourth-order valence-corrected chi connectivity index (χ4v) is 0.143. The van der Waals surface area contributed by atoms with Gasteiger partial charge in [0.1, 0.15) is 0 Å². The van der Waals surface area contributed by atoms with E-state index in [-0.39, 0.29) is 0 Å². The third-order valence-corrected chi connectivity index (χ3v) is 0.358. The average molecular weight is 79.1 g/mol. The molecule has 0 fully saturated rings. The molecule has 0 aromatic carbocycles. The van der Waals surface area contributed by atoms with Gasteiger partial charge in [-0.2, -0.15) is 0 Å². The summed E-state index contributed by atoms with van der Waals surface area (Å²) in [5, 5.41) is 0. The third-order valence-electron chi connectivity index (χ3n) is 0.358. The van der Waals surface area contributed by atoms with Crippen molar-refractivity contribution < 1.29 is 0 Å². The maximum Gasteiger partial charge on any atom is -0.0623 e. The second-order valence-electron chi connectivity index (χ2n) is 0.813. The van der Waals surface area contributed by atoms with Crippen molar-refractivity contribution in [2.75, 3.05) is 0 Å². The van der Waals surface area contributed by atoms with E-state index in [9.17, 15) is 0 Å². The van der Waals surface area contributed by atoms with Crippen molar-refractivity contribution in [1.29, 1.82) is 0 Å². The minimum atomic E-state index is 1.46. The Morgan fingerprint density at radius 1 is 1.33 bits per heavy atom. The monoisotopic (exact) mass is 79.1 g/mol. The summed E-state index contributed by atoms with van der Waals surface area (Å²) in [6, 6.07) is 0. The second kappa shape index (κ2) is 4.22. The zero-order chi connectivity index (χ0) is 4.83. The Bertz CT molecular complexity index is 58.1. The molecule has 31 valence electrons. The zero-order valence-corrected chi connectivity index (χ0v) is 3.59. The zero-order valence-electron chi connectivity index (χ0n) is 3.59. The molecule has 0 rings (SSSR count). The molecule has 6 heavy (non-hydrogen) atoms. The highest BCUT2D eigenvalue weighted by Crippen LogP contribution is 1.69. The SMILES string of the molecule is [CH]=C/C=C/C=C. The molecule has 0 spiro atoms. The highest BCUT2D eigenvalue weighted by molar-refractivity contribution is 5.04. The second-order valence-corrected chi connectivity index (χ2v) is 0.813. The van der Waals surface area contributed by atoms with E-state index in [4.69, 9.17) is 6.58 Å². The van der Waals surface area contributed by atoms with Crippen LogP contribution in [-0.4, -0.2) is 0 Å². The quantitative estimate of drug-likeness (QED) is 0.442. The minimum absolute atomic E-state index is 1.46. The summed E-state index contributed by atoms with van der Waals surface area (Å²) in [5.41, 5.74) is 0. The number of hydrogen-bond donors (Lipinski definition) is 0. The molecule has 0 saturated carbocycles. The molecule has 0 amide bonds. The number of hydrogen-bond acceptors (Lipinski definition) is 0. The van der Waals surface area contributed by atoms with Crippen LogP contribution >= 0.6 is 0 Å². The van der Waals surface area contributed by atoms with E-state index in [2.05, 4.69) is 6.58 Å². The Balaban J connectivity index is 3.17. The Kier molecular flexibility index (Phi) is 3.67. The van der Waals surface area contributed by atoms with Crippen LogP contribution in [-0.2, 0) is 0 Å². The summed E-state index contributed by atoms with van der Waals surface area (Å²) in [5.74, 6) is 0. The first-order chi connectivity index (χ1) is 2.91. The molecule has 0 bridgehead atoms. The molecule has 0 atom stereocenters. The van der Waals surface area contributed by atoms with Gasteiger partial charge in [0.15, 0.2) is 0 Å². The van der Waals surface area contributed by atoms with E-state index in [1.165, 1.54) is 6.08 Å². The molecule has 1 radical (unpaired) electrons. The highest BCUT2D eigenvalue weighted by atomic mass is 13.5.